The zero-order chi connectivity index (χ0) is 57.3. The van der Waals surface area contributed by atoms with Gasteiger partial charge in [-0.25, -0.2) is 9.59 Å². The van der Waals surface area contributed by atoms with Crippen LogP contribution < -0.4 is 18.9 Å². The van der Waals surface area contributed by atoms with Crippen molar-refractivity contribution >= 4 is 59.7 Å². The van der Waals surface area contributed by atoms with Gasteiger partial charge in [-0.15, -0.1) is 0 Å². The van der Waals surface area contributed by atoms with E-state index in [1.807, 2.05) is 0 Å². The molecule has 0 aromatic heterocycles. The first kappa shape index (κ1) is 61.7. The molecule has 20 heteroatoms. The zero-order valence-corrected chi connectivity index (χ0v) is 44.9. The van der Waals surface area contributed by atoms with Crippen molar-refractivity contribution in [2.45, 2.75) is 111 Å². The molecule has 424 valence electrons. The molecular weight excluding hydrogens is 1030 g/mol. The van der Waals surface area contributed by atoms with E-state index in [4.69, 9.17) is 47.4 Å². The smallest absolute Gasteiger partial charge is 0.330 e. The summed E-state index contributed by atoms with van der Waals surface area (Å²) in [7, 11) is 0. The van der Waals surface area contributed by atoms with Crippen LogP contribution in [-0.4, -0.2) is 99.3 Å². The van der Waals surface area contributed by atoms with Gasteiger partial charge in [0.15, 0.2) is 0 Å². The summed E-state index contributed by atoms with van der Waals surface area (Å²) in [6.07, 6.45) is 5.54. The first-order valence-corrected chi connectivity index (χ1v) is 26.3. The molecule has 0 atom stereocenters. The molecule has 0 saturated heterocycles. The van der Waals surface area contributed by atoms with Gasteiger partial charge in [-0.3, -0.25) is 38.4 Å². The molecule has 3 aromatic carbocycles. The molecule has 0 bridgehead atoms. The predicted molar refractivity (Wildman–Crippen MR) is 279 cm³/mol. The number of esters is 10. The van der Waals surface area contributed by atoms with Crippen molar-refractivity contribution in [1.82, 2.24) is 0 Å². The Labute approximate surface area is 458 Å². The van der Waals surface area contributed by atoms with E-state index < -0.39 is 83.4 Å². The van der Waals surface area contributed by atoms with Gasteiger partial charge in [-0.2, -0.15) is 0 Å². The lowest BCUT2D eigenvalue weighted by Gasteiger charge is -2.27. The number of aryl methyl sites for hydroxylation is 1. The van der Waals surface area contributed by atoms with Gasteiger partial charge in [0.05, 0.1) is 62.6 Å². The number of rotatable bonds is 28. The standard InChI is InChI=1S/C59H68O20/c1-6-49(60)72-32-34-74-53(64)26-24-51(62)70-30-28-40-8-20-46(21-9-40)76-56(66)42-12-16-44(17-13-42)58(68)78-48-36-37(3)55(39(5)38(48)4)79-59(69)45-18-14-43(15-19-45)57(67)77-47-22-10-41(11-23-47)29-31-71-52(63)25-27-54(65)75-35-33-73-50(61)7-2/h6-11,20-23,36,42-45H,1-2,12-19,24-35H2,3-5H3/t42-,43-,44-,45-. The van der Waals surface area contributed by atoms with E-state index in [1.54, 1.807) is 75.4 Å². The van der Waals surface area contributed by atoms with Crippen molar-refractivity contribution in [3.63, 3.8) is 0 Å². The highest BCUT2D eigenvalue weighted by Crippen LogP contribution is 2.38. The molecule has 0 N–H and O–H groups in total. The van der Waals surface area contributed by atoms with Crippen LogP contribution in [0.15, 0.2) is 79.9 Å². The summed E-state index contributed by atoms with van der Waals surface area (Å²) in [6, 6.07) is 15.3. The predicted octanol–water partition coefficient (Wildman–Crippen LogP) is 7.52. The summed E-state index contributed by atoms with van der Waals surface area (Å²) < 4.78 is 52.8. The molecule has 0 spiro atoms. The number of carbonyl (C=O) groups is 10. The fraction of sp³-hybridized carbons (Fsp3) is 0.458. The summed E-state index contributed by atoms with van der Waals surface area (Å²) >= 11 is 0. The fourth-order valence-electron chi connectivity index (χ4n) is 8.61. The minimum Gasteiger partial charge on any atom is -0.465 e. The molecule has 0 heterocycles. The third-order valence-electron chi connectivity index (χ3n) is 13.4. The third-order valence-corrected chi connectivity index (χ3v) is 13.4. The summed E-state index contributed by atoms with van der Waals surface area (Å²) in [5.41, 5.74) is 3.57. The Kier molecular flexibility index (Phi) is 24.9. The molecule has 0 radical (unpaired) electrons. The number of hydrogen-bond donors (Lipinski definition) is 0. The number of ether oxygens (including phenoxy) is 10. The first-order valence-electron chi connectivity index (χ1n) is 26.3. The van der Waals surface area contributed by atoms with Gasteiger partial charge in [0.1, 0.15) is 49.4 Å². The largest absolute Gasteiger partial charge is 0.465 e. The minimum absolute atomic E-state index is 0.0762. The Bertz CT molecular complexity index is 2650. The zero-order valence-electron chi connectivity index (χ0n) is 44.9. The average Bonchev–Trinajstić information content (AvgIpc) is 3.45. The lowest BCUT2D eigenvalue weighted by molar-refractivity contribution is -0.152. The Hall–Kier alpha value is -8.16. The van der Waals surface area contributed by atoms with Crippen molar-refractivity contribution in [1.29, 1.82) is 0 Å². The van der Waals surface area contributed by atoms with E-state index in [9.17, 15) is 47.9 Å². The van der Waals surface area contributed by atoms with Gasteiger partial charge in [-0.1, -0.05) is 37.4 Å². The van der Waals surface area contributed by atoms with Gasteiger partial charge in [0.25, 0.3) is 0 Å². The van der Waals surface area contributed by atoms with Crippen LogP contribution in [0.25, 0.3) is 0 Å². The van der Waals surface area contributed by atoms with Crippen LogP contribution >= 0.6 is 0 Å². The maximum Gasteiger partial charge on any atom is 0.330 e. The number of hydrogen-bond acceptors (Lipinski definition) is 20. The van der Waals surface area contributed by atoms with Crippen LogP contribution in [0.2, 0.25) is 0 Å². The van der Waals surface area contributed by atoms with E-state index in [1.165, 1.54) is 0 Å². The van der Waals surface area contributed by atoms with Crippen molar-refractivity contribution in [3.8, 4) is 23.0 Å². The summed E-state index contributed by atoms with van der Waals surface area (Å²) in [4.78, 5) is 123. The Morgan fingerprint density at radius 3 is 1.09 bits per heavy atom. The second kappa shape index (κ2) is 31.9. The molecule has 0 aliphatic heterocycles. The van der Waals surface area contributed by atoms with E-state index >= 15 is 0 Å². The number of carbonyl (C=O) groups excluding carboxylic acids is 10. The van der Waals surface area contributed by atoms with Crippen LogP contribution in [0, 0.1) is 44.4 Å². The molecule has 0 unspecified atom stereocenters. The molecule has 79 heavy (non-hydrogen) atoms. The molecule has 2 aliphatic rings. The van der Waals surface area contributed by atoms with E-state index in [2.05, 4.69) is 13.2 Å². The minimum atomic E-state index is -0.634. The Morgan fingerprint density at radius 2 is 0.734 bits per heavy atom. The summed E-state index contributed by atoms with van der Waals surface area (Å²) in [6.45, 7) is 11.5. The Morgan fingerprint density at radius 1 is 0.418 bits per heavy atom. The third kappa shape index (κ3) is 21.0. The maximum atomic E-state index is 13.5. The highest BCUT2D eigenvalue weighted by atomic mass is 16.6. The van der Waals surface area contributed by atoms with Gasteiger partial charge in [0.2, 0.25) is 0 Å². The van der Waals surface area contributed by atoms with Crippen molar-refractivity contribution in [2.75, 3.05) is 39.6 Å². The van der Waals surface area contributed by atoms with Crippen LogP contribution in [0.1, 0.15) is 105 Å². The fourth-order valence-corrected chi connectivity index (χ4v) is 8.61. The highest BCUT2D eigenvalue weighted by molar-refractivity contribution is 5.83. The molecule has 3 aromatic rings. The second-order valence-corrected chi connectivity index (χ2v) is 19.0. The number of benzene rings is 3. The van der Waals surface area contributed by atoms with Crippen LogP contribution in [-0.2, 0) is 89.2 Å². The van der Waals surface area contributed by atoms with Crippen molar-refractivity contribution in [3.05, 3.63) is 108 Å². The highest BCUT2D eigenvalue weighted by Gasteiger charge is 2.35. The van der Waals surface area contributed by atoms with Crippen LogP contribution in [0.5, 0.6) is 23.0 Å². The summed E-state index contributed by atoms with van der Waals surface area (Å²) in [5, 5.41) is 0. The van der Waals surface area contributed by atoms with Crippen molar-refractivity contribution in [2.24, 2.45) is 23.7 Å². The average molecular weight is 1100 g/mol. The van der Waals surface area contributed by atoms with Crippen LogP contribution in [0.3, 0.4) is 0 Å². The van der Waals surface area contributed by atoms with Gasteiger partial charge < -0.3 is 47.4 Å². The molecular formula is C59H68O20. The lowest BCUT2D eigenvalue weighted by atomic mass is 9.82. The maximum absolute atomic E-state index is 13.5. The first-order chi connectivity index (χ1) is 37.9. The second-order valence-electron chi connectivity index (χ2n) is 19.0. The lowest BCUT2D eigenvalue weighted by Crippen LogP contribution is -2.31. The molecule has 0 amide bonds. The Balaban J connectivity index is 0.953. The molecule has 2 fully saturated rings. The van der Waals surface area contributed by atoms with E-state index in [0.29, 0.717) is 104 Å². The van der Waals surface area contributed by atoms with Gasteiger partial charge in [-0.05, 0) is 130 Å². The monoisotopic (exact) mass is 1100 g/mol. The van der Waals surface area contributed by atoms with E-state index in [-0.39, 0.29) is 65.3 Å². The quantitative estimate of drug-likeness (QED) is 0.0224. The normalized spacial score (nSPS) is 16.6. The van der Waals surface area contributed by atoms with Gasteiger partial charge in [0, 0.05) is 25.0 Å². The topological polar surface area (TPSA) is 263 Å². The molecule has 20 nitrogen and oxygen atoms in total. The van der Waals surface area contributed by atoms with Crippen LogP contribution in [0.4, 0.5) is 0 Å². The molecule has 2 saturated carbocycles. The van der Waals surface area contributed by atoms with Gasteiger partial charge >= 0.3 is 59.7 Å². The molecule has 2 aliphatic carbocycles. The summed E-state index contributed by atoms with van der Waals surface area (Å²) in [5.74, 6) is -5.47. The molecule has 5 rings (SSSR count). The van der Waals surface area contributed by atoms with Crippen molar-refractivity contribution < 1.29 is 95.3 Å². The SMILES string of the molecule is C=CC(=O)OCCOC(=O)CCC(=O)OCCc1ccc(OC(=O)[C@H]2CC[C@H](C(=O)Oc3cc(C)c(OC(=O)[C@H]4CC[C@H](C(=O)Oc5ccc(CCOC(=O)CCC(=O)OCCOC(=O)C=C)cc5)CC4)c(C)c3C)CC2)cc1. The van der Waals surface area contributed by atoms with E-state index in [0.717, 1.165) is 23.3 Å².